The molecule has 0 bridgehead atoms. The molecule has 0 saturated carbocycles. The summed E-state index contributed by atoms with van der Waals surface area (Å²) in [6.45, 7) is 0. The van der Waals surface area contributed by atoms with Gasteiger partial charge in [-0.1, -0.05) is 73.9 Å². The molecule has 0 atom stereocenters. The van der Waals surface area contributed by atoms with Gasteiger partial charge in [-0.2, -0.15) is 0 Å². The summed E-state index contributed by atoms with van der Waals surface area (Å²) in [7, 11) is -0.231. The minimum atomic E-state index is -1.69. The van der Waals surface area contributed by atoms with Crippen molar-refractivity contribution >= 4 is 29.1 Å². The monoisotopic (exact) mass is 433 g/mol. The Hall–Kier alpha value is -2.44. The highest BCUT2D eigenvalue weighted by atomic mass is 31.2. The summed E-state index contributed by atoms with van der Waals surface area (Å²) in [5, 5.41) is 4.39. The SMILES string of the molecule is COC(=O)CCCCCCCC[P+](c1ccccc1)(c1ccccc1)c1ccccc1. The largest absolute Gasteiger partial charge is 0.469 e. The molecule has 0 amide bonds. The molecule has 0 heterocycles. The normalized spacial score (nSPS) is 11.3. The van der Waals surface area contributed by atoms with Crippen LogP contribution in [0.5, 0.6) is 0 Å². The number of ether oxygens (including phenoxy) is 1. The van der Waals surface area contributed by atoms with Crippen molar-refractivity contribution in [2.24, 2.45) is 0 Å². The van der Waals surface area contributed by atoms with E-state index in [-0.39, 0.29) is 5.97 Å². The van der Waals surface area contributed by atoms with E-state index >= 15 is 0 Å². The number of esters is 1. The highest BCUT2D eigenvalue weighted by Crippen LogP contribution is 2.55. The van der Waals surface area contributed by atoms with Gasteiger partial charge in [0.25, 0.3) is 0 Å². The maximum Gasteiger partial charge on any atom is 0.305 e. The standard InChI is InChI=1S/C28H34O2P/c1-30-28(29)23-15-4-2-3-5-16-24-31(25-17-9-6-10-18-25,26-19-11-7-12-20-26)27-21-13-8-14-22-27/h6-14,17-22H,2-5,15-16,23-24H2,1H3/q+1. The number of carbonyl (C=O) groups is 1. The molecule has 3 aromatic carbocycles. The lowest BCUT2D eigenvalue weighted by Crippen LogP contribution is -2.33. The molecule has 2 nitrogen and oxygen atoms in total. The van der Waals surface area contributed by atoms with E-state index in [1.54, 1.807) is 0 Å². The Labute approximate surface area is 188 Å². The smallest absolute Gasteiger partial charge is 0.305 e. The molecule has 31 heavy (non-hydrogen) atoms. The summed E-state index contributed by atoms with van der Waals surface area (Å²) in [6, 6.07) is 33.3. The van der Waals surface area contributed by atoms with E-state index in [0.717, 1.165) is 12.8 Å². The van der Waals surface area contributed by atoms with Crippen LogP contribution in [0.3, 0.4) is 0 Å². The summed E-state index contributed by atoms with van der Waals surface area (Å²) in [6.07, 6.45) is 8.61. The van der Waals surface area contributed by atoms with E-state index in [4.69, 9.17) is 4.74 Å². The highest BCUT2D eigenvalue weighted by molar-refractivity contribution is 7.95. The molecular weight excluding hydrogens is 399 g/mol. The number of unbranched alkanes of at least 4 members (excludes halogenated alkanes) is 5. The van der Waals surface area contributed by atoms with Gasteiger partial charge >= 0.3 is 5.97 Å². The van der Waals surface area contributed by atoms with Crippen LogP contribution in [0, 0.1) is 0 Å². The fourth-order valence-electron chi connectivity index (χ4n) is 4.31. The third-order valence-electron chi connectivity index (χ3n) is 5.94. The van der Waals surface area contributed by atoms with Gasteiger partial charge in [-0.05, 0) is 55.7 Å². The first kappa shape index (κ1) is 23.2. The van der Waals surface area contributed by atoms with E-state index in [1.807, 2.05) is 0 Å². The minimum Gasteiger partial charge on any atom is -0.469 e. The second kappa shape index (κ2) is 12.4. The molecule has 0 radical (unpaired) electrons. The molecule has 0 fully saturated rings. The highest BCUT2D eigenvalue weighted by Gasteiger charge is 2.44. The molecule has 3 rings (SSSR count). The topological polar surface area (TPSA) is 26.3 Å². The Bertz CT molecular complexity index is 797. The Balaban J connectivity index is 1.74. The quantitative estimate of drug-likeness (QED) is 0.202. The van der Waals surface area contributed by atoms with Crippen LogP contribution in [0.4, 0.5) is 0 Å². The van der Waals surface area contributed by atoms with Gasteiger partial charge in [0.05, 0.1) is 13.3 Å². The Morgan fingerprint density at radius 3 is 1.42 bits per heavy atom. The van der Waals surface area contributed by atoms with Crippen LogP contribution in [-0.4, -0.2) is 19.2 Å². The van der Waals surface area contributed by atoms with Crippen LogP contribution in [0.25, 0.3) is 0 Å². The van der Waals surface area contributed by atoms with Crippen molar-refractivity contribution in [3.05, 3.63) is 91.0 Å². The van der Waals surface area contributed by atoms with Crippen molar-refractivity contribution in [3.8, 4) is 0 Å². The molecule has 0 aliphatic heterocycles. The van der Waals surface area contributed by atoms with Gasteiger partial charge in [0.1, 0.15) is 23.2 Å². The first-order valence-electron chi connectivity index (χ1n) is 11.4. The predicted octanol–water partition coefficient (Wildman–Crippen LogP) is 5.88. The van der Waals surface area contributed by atoms with Crippen molar-refractivity contribution in [2.75, 3.05) is 13.3 Å². The second-order valence-corrected chi connectivity index (χ2v) is 11.6. The maximum absolute atomic E-state index is 11.2. The zero-order valence-electron chi connectivity index (χ0n) is 18.6. The Morgan fingerprint density at radius 2 is 1.00 bits per heavy atom. The van der Waals surface area contributed by atoms with Gasteiger partial charge in [0.15, 0.2) is 0 Å². The molecule has 3 heteroatoms. The fraction of sp³-hybridized carbons (Fsp3) is 0.321. The number of hydrogen-bond donors (Lipinski definition) is 0. The fourth-order valence-corrected chi connectivity index (χ4v) is 8.72. The number of rotatable bonds is 12. The lowest BCUT2D eigenvalue weighted by Gasteiger charge is -2.27. The van der Waals surface area contributed by atoms with Crippen LogP contribution in [-0.2, 0) is 9.53 Å². The van der Waals surface area contributed by atoms with Gasteiger partial charge in [-0.3, -0.25) is 4.79 Å². The summed E-state index contributed by atoms with van der Waals surface area (Å²) in [5.41, 5.74) is 0. The average molecular weight is 434 g/mol. The summed E-state index contributed by atoms with van der Waals surface area (Å²) in [4.78, 5) is 11.2. The zero-order valence-corrected chi connectivity index (χ0v) is 19.5. The number of carbonyl (C=O) groups excluding carboxylic acids is 1. The van der Waals surface area contributed by atoms with E-state index in [0.29, 0.717) is 6.42 Å². The van der Waals surface area contributed by atoms with Gasteiger partial charge in [-0.15, -0.1) is 0 Å². The summed E-state index contributed by atoms with van der Waals surface area (Å²) in [5.74, 6) is -0.0943. The van der Waals surface area contributed by atoms with Crippen LogP contribution >= 0.6 is 7.26 Å². The summed E-state index contributed by atoms with van der Waals surface area (Å²) >= 11 is 0. The van der Waals surface area contributed by atoms with Crippen molar-refractivity contribution in [1.82, 2.24) is 0 Å². The molecule has 0 aliphatic carbocycles. The molecule has 0 saturated heterocycles. The van der Waals surface area contributed by atoms with Gasteiger partial charge in [0, 0.05) is 6.42 Å². The van der Waals surface area contributed by atoms with E-state index < -0.39 is 7.26 Å². The van der Waals surface area contributed by atoms with Crippen LogP contribution in [0.2, 0.25) is 0 Å². The van der Waals surface area contributed by atoms with Crippen LogP contribution < -0.4 is 15.9 Å². The molecule has 162 valence electrons. The van der Waals surface area contributed by atoms with E-state index in [1.165, 1.54) is 54.9 Å². The summed E-state index contributed by atoms with van der Waals surface area (Å²) < 4.78 is 4.72. The average Bonchev–Trinajstić information content (AvgIpc) is 2.85. The van der Waals surface area contributed by atoms with Crippen molar-refractivity contribution in [1.29, 1.82) is 0 Å². The molecule has 0 unspecified atom stereocenters. The van der Waals surface area contributed by atoms with E-state index in [9.17, 15) is 4.79 Å². The molecule has 3 aromatic rings. The molecule has 0 aromatic heterocycles. The van der Waals surface area contributed by atoms with Crippen LogP contribution in [0.15, 0.2) is 91.0 Å². The second-order valence-electron chi connectivity index (χ2n) is 7.99. The van der Waals surface area contributed by atoms with E-state index in [2.05, 4.69) is 91.0 Å². The third-order valence-corrected chi connectivity index (χ3v) is 10.5. The Morgan fingerprint density at radius 1 is 0.613 bits per heavy atom. The first-order valence-corrected chi connectivity index (χ1v) is 13.4. The van der Waals surface area contributed by atoms with Gasteiger partial charge < -0.3 is 4.74 Å². The molecule has 0 aliphatic rings. The predicted molar refractivity (Wildman–Crippen MR) is 134 cm³/mol. The van der Waals surface area contributed by atoms with Gasteiger partial charge in [-0.25, -0.2) is 0 Å². The molecule has 0 N–H and O–H groups in total. The number of methoxy groups -OCH3 is 1. The Kier molecular flexibility index (Phi) is 9.31. The lowest BCUT2D eigenvalue weighted by atomic mass is 10.1. The zero-order chi connectivity index (χ0) is 21.8. The lowest BCUT2D eigenvalue weighted by molar-refractivity contribution is -0.140. The minimum absolute atomic E-state index is 0.0943. The van der Waals surface area contributed by atoms with Crippen LogP contribution in [0.1, 0.15) is 44.9 Å². The third kappa shape index (κ3) is 6.28. The molecular formula is C28H34O2P+. The van der Waals surface area contributed by atoms with Crippen molar-refractivity contribution in [2.45, 2.75) is 44.9 Å². The van der Waals surface area contributed by atoms with Gasteiger partial charge in [0.2, 0.25) is 0 Å². The van der Waals surface area contributed by atoms with Crippen molar-refractivity contribution < 1.29 is 9.53 Å². The maximum atomic E-state index is 11.2. The number of benzene rings is 3. The first-order chi connectivity index (χ1) is 15.3. The number of hydrogen-bond acceptors (Lipinski definition) is 2. The molecule has 0 spiro atoms. The van der Waals surface area contributed by atoms with Crippen molar-refractivity contribution in [3.63, 3.8) is 0 Å².